The Kier molecular flexibility index (Phi) is 4.45. The van der Waals surface area contributed by atoms with Crippen LogP contribution in [-0.4, -0.2) is 38.8 Å². The summed E-state index contributed by atoms with van der Waals surface area (Å²) in [5, 5.41) is 2.05. The summed E-state index contributed by atoms with van der Waals surface area (Å²) < 4.78 is 2.27. The number of benzene rings is 2. The zero-order valence-corrected chi connectivity index (χ0v) is 16.7. The van der Waals surface area contributed by atoms with E-state index in [2.05, 4.69) is 51.0 Å². The predicted octanol–water partition coefficient (Wildman–Crippen LogP) is 4.14. The number of nitrogens with two attached hydrogens (primary N) is 1. The quantitative estimate of drug-likeness (QED) is 0.520. The minimum Gasteiger partial charge on any atom is -0.382 e. The van der Waals surface area contributed by atoms with Crippen LogP contribution in [0.15, 0.2) is 53.7 Å². The highest BCUT2D eigenvalue weighted by Crippen LogP contribution is 2.32. The van der Waals surface area contributed by atoms with E-state index < -0.39 is 0 Å². The number of pyridine rings is 1. The van der Waals surface area contributed by atoms with E-state index in [4.69, 9.17) is 10.7 Å². The molecule has 1 fully saturated rings. The molecule has 0 saturated carbocycles. The van der Waals surface area contributed by atoms with Crippen molar-refractivity contribution in [3.05, 3.63) is 59.7 Å². The molecule has 0 radical (unpaired) electrons. The molecule has 0 unspecified atom stereocenters. The summed E-state index contributed by atoms with van der Waals surface area (Å²) in [5.41, 5.74) is 11.6. The number of nitrogens with zero attached hydrogens (tertiary/aromatic N) is 4. The first-order chi connectivity index (χ1) is 13.7. The number of hydrogen-bond acceptors (Lipinski definition) is 5. The highest BCUT2D eigenvalue weighted by atomic mass is 32.2. The molecule has 2 aromatic carbocycles. The number of aromatic nitrogens is 3. The summed E-state index contributed by atoms with van der Waals surface area (Å²) in [4.78, 5) is 11.8. The minimum atomic E-state index is 0.493. The third-order valence-electron chi connectivity index (χ3n) is 5.48. The zero-order chi connectivity index (χ0) is 19.1. The molecule has 5 rings (SSSR count). The topological polar surface area (TPSA) is 60.0 Å². The Balaban J connectivity index is 1.56. The lowest BCUT2D eigenvalue weighted by Gasteiger charge is -2.30. The average molecular weight is 390 g/mol. The fourth-order valence-electron chi connectivity index (χ4n) is 3.87. The number of fused-ring (bicyclic) bond motifs is 3. The molecule has 1 aliphatic rings. The van der Waals surface area contributed by atoms with Crippen molar-refractivity contribution in [3.63, 3.8) is 0 Å². The molecule has 2 N–H and O–H groups in total. The summed E-state index contributed by atoms with van der Waals surface area (Å²) in [6.45, 7) is 4.27. The molecule has 0 amide bonds. The van der Waals surface area contributed by atoms with Gasteiger partial charge < -0.3 is 10.3 Å². The Morgan fingerprint density at radius 1 is 0.964 bits per heavy atom. The van der Waals surface area contributed by atoms with Crippen molar-refractivity contribution < 1.29 is 0 Å². The molecule has 6 heteroatoms. The molecule has 0 atom stereocenters. The molecule has 3 heterocycles. The molecular formula is C22H23N5S. The third kappa shape index (κ3) is 3.02. The van der Waals surface area contributed by atoms with Crippen LogP contribution in [0.2, 0.25) is 0 Å². The summed E-state index contributed by atoms with van der Waals surface area (Å²) in [5.74, 6) is 0.493. The van der Waals surface area contributed by atoms with Gasteiger partial charge in [0.25, 0.3) is 0 Å². The van der Waals surface area contributed by atoms with Crippen LogP contribution >= 0.6 is 11.8 Å². The summed E-state index contributed by atoms with van der Waals surface area (Å²) in [6.07, 6.45) is 3.38. The number of para-hydroxylation sites is 1. The number of thioether (sulfide) groups is 1. The number of rotatable bonds is 5. The maximum Gasteiger partial charge on any atom is 0.169 e. The normalized spacial score (nSPS) is 14.6. The van der Waals surface area contributed by atoms with E-state index in [1.54, 1.807) is 11.8 Å². The number of imidazole rings is 1. The van der Waals surface area contributed by atoms with E-state index in [9.17, 15) is 0 Å². The fourth-order valence-corrected chi connectivity index (χ4v) is 4.43. The van der Waals surface area contributed by atoms with Gasteiger partial charge >= 0.3 is 0 Å². The Labute approximate surface area is 168 Å². The number of nitrogen functional groups attached to an aromatic ring is 1. The highest BCUT2D eigenvalue weighted by molar-refractivity contribution is 7.98. The number of hydrogen-bond donors (Lipinski definition) is 1. The van der Waals surface area contributed by atoms with Gasteiger partial charge in [-0.25, -0.2) is 9.97 Å². The third-order valence-corrected chi connectivity index (χ3v) is 6.15. The van der Waals surface area contributed by atoms with Crippen LogP contribution in [0.5, 0.6) is 0 Å². The monoisotopic (exact) mass is 389 g/mol. The van der Waals surface area contributed by atoms with Gasteiger partial charge in [0.05, 0.1) is 17.6 Å². The van der Waals surface area contributed by atoms with Gasteiger partial charge in [0.15, 0.2) is 11.0 Å². The molecule has 2 aromatic heterocycles. The van der Waals surface area contributed by atoms with Crippen LogP contribution < -0.4 is 5.73 Å². The summed E-state index contributed by atoms with van der Waals surface area (Å²) in [6, 6.07) is 17.1. The lowest BCUT2D eigenvalue weighted by molar-refractivity contribution is 0.172. The lowest BCUT2D eigenvalue weighted by Crippen LogP contribution is -2.36. The van der Waals surface area contributed by atoms with Gasteiger partial charge in [-0.2, -0.15) is 0 Å². The van der Waals surface area contributed by atoms with Gasteiger partial charge in [0.2, 0.25) is 0 Å². The van der Waals surface area contributed by atoms with E-state index in [0.717, 1.165) is 40.2 Å². The van der Waals surface area contributed by atoms with Gasteiger partial charge in [-0.15, -0.1) is 0 Å². The van der Waals surface area contributed by atoms with Crippen LogP contribution in [0.3, 0.4) is 0 Å². The Morgan fingerprint density at radius 3 is 2.36 bits per heavy atom. The van der Waals surface area contributed by atoms with Crippen molar-refractivity contribution in [1.82, 2.24) is 19.4 Å². The molecular weight excluding hydrogens is 366 g/mol. The molecule has 0 bridgehead atoms. The fraction of sp³-hybridized carbons (Fsp3) is 0.273. The van der Waals surface area contributed by atoms with E-state index in [-0.39, 0.29) is 0 Å². The van der Waals surface area contributed by atoms with Crippen molar-refractivity contribution in [2.24, 2.45) is 0 Å². The highest BCUT2D eigenvalue weighted by Gasteiger charge is 2.17. The maximum atomic E-state index is 6.24. The van der Waals surface area contributed by atoms with E-state index in [0.29, 0.717) is 5.82 Å². The first kappa shape index (κ1) is 17.5. The van der Waals surface area contributed by atoms with Crippen molar-refractivity contribution in [2.75, 3.05) is 25.1 Å². The second kappa shape index (κ2) is 7.11. The molecule has 1 aliphatic heterocycles. The van der Waals surface area contributed by atoms with Gasteiger partial charge in [-0.3, -0.25) is 4.90 Å². The second-order valence-electron chi connectivity index (χ2n) is 7.34. The van der Waals surface area contributed by atoms with Crippen molar-refractivity contribution in [2.45, 2.75) is 24.7 Å². The minimum absolute atomic E-state index is 0.493. The van der Waals surface area contributed by atoms with E-state index in [1.807, 2.05) is 18.2 Å². The summed E-state index contributed by atoms with van der Waals surface area (Å²) >= 11 is 1.64. The lowest BCUT2D eigenvalue weighted by atomic mass is 10.1. The average Bonchev–Trinajstić information content (AvgIpc) is 3.05. The van der Waals surface area contributed by atoms with Crippen molar-refractivity contribution in [3.8, 4) is 0 Å². The second-order valence-corrected chi connectivity index (χ2v) is 8.12. The first-order valence-electron chi connectivity index (χ1n) is 9.61. The Hall–Kier alpha value is -2.57. The van der Waals surface area contributed by atoms with Crippen LogP contribution in [0, 0.1) is 0 Å². The van der Waals surface area contributed by atoms with Gasteiger partial charge in [-0.1, -0.05) is 54.2 Å². The Bertz CT molecular complexity index is 1150. The number of likely N-dealkylation sites (tertiary alicyclic amines) is 1. The van der Waals surface area contributed by atoms with Gasteiger partial charge in [0.1, 0.15) is 5.52 Å². The largest absolute Gasteiger partial charge is 0.382 e. The van der Waals surface area contributed by atoms with Crippen LogP contribution in [0.25, 0.3) is 21.9 Å². The molecule has 5 nitrogen and oxygen atoms in total. The predicted molar refractivity (Wildman–Crippen MR) is 117 cm³/mol. The Morgan fingerprint density at radius 2 is 1.68 bits per heavy atom. The molecule has 28 heavy (non-hydrogen) atoms. The first-order valence-corrected chi connectivity index (χ1v) is 10.8. The van der Waals surface area contributed by atoms with Crippen molar-refractivity contribution in [1.29, 1.82) is 0 Å². The van der Waals surface area contributed by atoms with Gasteiger partial charge in [0, 0.05) is 11.9 Å². The molecule has 142 valence electrons. The standard InChI is InChI=1S/C22H23N5S/c1-28-22-25-19-20(17-5-2-3-6-18(17)24-21(19)23)27(22)14-16-9-7-15(8-10-16)13-26-11-4-12-26/h2-3,5-10H,4,11-14H2,1H3,(H2,23,24). The van der Waals surface area contributed by atoms with E-state index in [1.165, 1.54) is 30.6 Å². The molecule has 4 aromatic rings. The van der Waals surface area contributed by atoms with E-state index >= 15 is 0 Å². The number of anilines is 1. The van der Waals surface area contributed by atoms with Crippen LogP contribution in [-0.2, 0) is 13.1 Å². The smallest absolute Gasteiger partial charge is 0.169 e. The van der Waals surface area contributed by atoms with Gasteiger partial charge in [-0.05, 0) is 43.0 Å². The maximum absolute atomic E-state index is 6.24. The molecule has 0 aliphatic carbocycles. The SMILES string of the molecule is CSc1nc2c(N)nc3ccccc3c2n1Cc1ccc(CN2CCC2)cc1. The molecule has 1 saturated heterocycles. The zero-order valence-electron chi connectivity index (χ0n) is 15.9. The summed E-state index contributed by atoms with van der Waals surface area (Å²) in [7, 11) is 0. The van der Waals surface area contributed by atoms with Crippen LogP contribution in [0.4, 0.5) is 5.82 Å². The molecule has 0 spiro atoms. The van der Waals surface area contributed by atoms with Crippen LogP contribution in [0.1, 0.15) is 17.5 Å². The van der Waals surface area contributed by atoms with Crippen molar-refractivity contribution >= 4 is 39.5 Å².